The van der Waals surface area contributed by atoms with Gasteiger partial charge in [0.25, 0.3) is 0 Å². The summed E-state index contributed by atoms with van der Waals surface area (Å²) in [7, 11) is -24.1. The molecule has 6 aromatic rings. The number of anilines is 2. The van der Waals surface area contributed by atoms with Crippen molar-refractivity contribution in [2.45, 2.75) is 62.3 Å². The highest BCUT2D eigenvalue weighted by Gasteiger charge is 2.51. The van der Waals surface area contributed by atoms with Crippen molar-refractivity contribution < 1.29 is 89.0 Å². The van der Waals surface area contributed by atoms with Gasteiger partial charge in [-0.1, -0.05) is 60.7 Å². The second-order valence-electron chi connectivity index (χ2n) is 14.5. The quantitative estimate of drug-likeness (QED) is 0.0507. The maximum atomic E-state index is 12.9. The molecular formula is C34H40N10O19P4. The van der Waals surface area contributed by atoms with Crippen molar-refractivity contribution in [3.05, 3.63) is 97.1 Å². The number of hydrogen-bond donors (Lipinski definition) is 8. The van der Waals surface area contributed by atoms with Crippen LogP contribution < -0.4 is 11.5 Å². The monoisotopic (exact) mass is 1020 g/mol. The number of phosphoric acid groups is 4. The minimum Gasteiger partial charge on any atom is -0.387 e. The number of nitrogens with zero attached hydrogens (tertiary/aromatic N) is 8. The van der Waals surface area contributed by atoms with Crippen LogP contribution in [0.2, 0.25) is 0 Å². The SMILES string of the molecule is Nc1ncnc2c1ncn2[C@@H]1O[C@H](COP(=O)(O)OP(=O)(O)OP(=O)(O)OP(=O)(O)OC[C@H]2O[C@H](n3cnc4c(N)ncnc43)[C@@H](OCc3ccccc3)[C@H]2O)[C@@H](O)[C@H]1OCc1ccccc1. The number of ether oxygens (including phenoxy) is 4. The van der Waals surface area contributed by atoms with Crippen molar-refractivity contribution in [3.8, 4) is 0 Å². The van der Waals surface area contributed by atoms with Crippen LogP contribution >= 0.6 is 31.3 Å². The molecule has 2 fully saturated rings. The van der Waals surface area contributed by atoms with Gasteiger partial charge in [-0.15, -0.1) is 0 Å². The van der Waals surface area contributed by atoms with Crippen LogP contribution in [0.15, 0.2) is 86.0 Å². The van der Waals surface area contributed by atoms with Crippen molar-refractivity contribution in [1.29, 1.82) is 0 Å². The van der Waals surface area contributed by atoms with Gasteiger partial charge in [0, 0.05) is 0 Å². The number of benzene rings is 2. The van der Waals surface area contributed by atoms with E-state index >= 15 is 0 Å². The van der Waals surface area contributed by atoms with Crippen molar-refractivity contribution in [2.75, 3.05) is 24.7 Å². The summed E-state index contributed by atoms with van der Waals surface area (Å²) in [6, 6.07) is 17.6. The average molecular weight is 1020 g/mol. The fourth-order valence-corrected chi connectivity index (χ4v) is 11.9. The molecule has 0 bridgehead atoms. The molecule has 4 unspecified atom stereocenters. The van der Waals surface area contributed by atoms with Gasteiger partial charge in [0.15, 0.2) is 35.4 Å². The van der Waals surface area contributed by atoms with E-state index in [0.29, 0.717) is 11.1 Å². The van der Waals surface area contributed by atoms with Gasteiger partial charge in [-0.05, 0) is 11.1 Å². The fourth-order valence-electron chi connectivity index (χ4n) is 6.97. The first-order chi connectivity index (χ1) is 31.8. The van der Waals surface area contributed by atoms with Crippen molar-refractivity contribution in [1.82, 2.24) is 39.0 Å². The van der Waals surface area contributed by atoms with Crippen molar-refractivity contribution >= 4 is 65.3 Å². The predicted molar refractivity (Wildman–Crippen MR) is 224 cm³/mol. The van der Waals surface area contributed by atoms with Crippen molar-refractivity contribution in [2.24, 2.45) is 0 Å². The van der Waals surface area contributed by atoms with E-state index in [0.717, 1.165) is 12.7 Å². The number of imidazole rings is 2. The lowest BCUT2D eigenvalue weighted by molar-refractivity contribution is -0.0759. The van der Waals surface area contributed by atoms with Crippen LogP contribution in [0, 0.1) is 0 Å². The average Bonchev–Trinajstić information content (AvgIpc) is 4.04. The third-order valence-corrected chi connectivity index (χ3v) is 15.8. The zero-order valence-corrected chi connectivity index (χ0v) is 37.6. The summed E-state index contributed by atoms with van der Waals surface area (Å²) in [4.78, 5) is 65.5. The Morgan fingerprint density at radius 1 is 0.552 bits per heavy atom. The van der Waals surface area contributed by atoms with Gasteiger partial charge in [-0.25, -0.2) is 48.2 Å². The van der Waals surface area contributed by atoms with Crippen LogP contribution in [0.25, 0.3) is 22.3 Å². The standard InChI is InChI=1S/C34H40N10O19P4/c35-29-23-31(39-15-37-29)43(17-41-23)33-27(55-11-19-7-3-1-4-8-19)25(45)21(59-33)13-57-64(47,48)61-66(51,52)63-67(53,54)62-65(49,50)58-14-22-26(46)28(56-12-20-9-5-2-6-10-20)34(60-22)44-18-42-24-30(36)38-16-40-32(24)44/h1-10,15-18,21-22,25-28,33-34,45-46H,11-14H2,(H,47,48)(H,49,50)(H,51,52)(H,53,54)(H2,35,37,39)(H2,36,38,40)/t21-,22-,25-,26+,27-,28+,33-,34+/m1/s1. The Hall–Kier alpha value is -4.54. The molecule has 8 rings (SSSR count). The predicted octanol–water partition coefficient (Wildman–Crippen LogP) is 2.00. The Morgan fingerprint density at radius 2 is 0.925 bits per heavy atom. The number of aliphatic hydroxyl groups is 2. The molecule has 67 heavy (non-hydrogen) atoms. The second-order valence-corrected chi connectivity index (χ2v) is 20.7. The van der Waals surface area contributed by atoms with E-state index in [2.05, 4.69) is 42.8 Å². The summed E-state index contributed by atoms with van der Waals surface area (Å²) >= 11 is 0. The molecule has 360 valence electrons. The summed E-state index contributed by atoms with van der Waals surface area (Å²) in [5.41, 5.74) is 13.9. The zero-order chi connectivity index (χ0) is 47.7. The minimum atomic E-state index is -6.23. The van der Waals surface area contributed by atoms with E-state index in [-0.39, 0.29) is 47.2 Å². The number of aliphatic hydroxyl groups excluding tert-OH is 2. The summed E-state index contributed by atoms with van der Waals surface area (Å²) in [6.07, 6.45) is -6.34. The zero-order valence-electron chi connectivity index (χ0n) is 34.0. The molecule has 0 spiro atoms. The summed E-state index contributed by atoms with van der Waals surface area (Å²) in [5.74, 6) is 0.0558. The topological polar surface area (TPSA) is 412 Å². The smallest absolute Gasteiger partial charge is 0.387 e. The number of hydrogen-bond acceptors (Lipinski definition) is 23. The van der Waals surface area contributed by atoms with Gasteiger partial charge in [-0.2, -0.15) is 12.9 Å². The van der Waals surface area contributed by atoms with Crippen LogP contribution in [-0.2, 0) is 72.4 Å². The molecule has 0 radical (unpaired) electrons. The molecule has 0 amide bonds. The van der Waals surface area contributed by atoms with Crippen LogP contribution in [-0.4, -0.2) is 119 Å². The van der Waals surface area contributed by atoms with Gasteiger partial charge in [0.1, 0.15) is 60.3 Å². The Morgan fingerprint density at radius 3 is 1.31 bits per heavy atom. The number of fused-ring (bicyclic) bond motifs is 2. The molecule has 0 aliphatic carbocycles. The van der Waals surface area contributed by atoms with Gasteiger partial charge >= 0.3 is 31.3 Å². The molecule has 6 heterocycles. The lowest BCUT2D eigenvalue weighted by Gasteiger charge is -2.22. The second kappa shape index (κ2) is 19.8. The first kappa shape index (κ1) is 48.9. The lowest BCUT2D eigenvalue weighted by Crippen LogP contribution is -2.35. The molecule has 2 aliphatic heterocycles. The van der Waals surface area contributed by atoms with Gasteiger partial charge in [-0.3, -0.25) is 18.2 Å². The molecule has 4 aromatic heterocycles. The van der Waals surface area contributed by atoms with E-state index in [1.54, 1.807) is 60.7 Å². The Balaban J connectivity index is 0.883. The number of aromatic nitrogens is 8. The normalized spacial score (nSPS) is 26.8. The summed E-state index contributed by atoms with van der Waals surface area (Å²) < 4.78 is 99.6. The number of nitrogens with two attached hydrogens (primary N) is 2. The van der Waals surface area contributed by atoms with Gasteiger partial charge in [0.05, 0.1) is 39.1 Å². The van der Waals surface area contributed by atoms with Crippen LogP contribution in [0.4, 0.5) is 11.6 Å². The largest absolute Gasteiger partial charge is 0.490 e. The number of rotatable bonds is 20. The van der Waals surface area contributed by atoms with Crippen LogP contribution in [0.3, 0.4) is 0 Å². The first-order valence-electron chi connectivity index (χ1n) is 19.4. The third kappa shape index (κ3) is 11.5. The van der Waals surface area contributed by atoms with E-state index in [9.17, 15) is 48.0 Å². The molecule has 2 aliphatic rings. The minimum absolute atomic E-state index is 0.0279. The van der Waals surface area contributed by atoms with E-state index in [1.165, 1.54) is 21.8 Å². The van der Waals surface area contributed by atoms with E-state index in [4.69, 9.17) is 39.5 Å². The Labute approximate surface area is 376 Å². The van der Waals surface area contributed by atoms with Crippen LogP contribution in [0.5, 0.6) is 0 Å². The highest BCUT2D eigenvalue weighted by atomic mass is 31.3. The molecule has 2 aromatic carbocycles. The molecule has 12 atom stereocenters. The van der Waals surface area contributed by atoms with E-state index < -0.39 is 93.6 Å². The molecule has 10 N–H and O–H groups in total. The third-order valence-electron chi connectivity index (χ3n) is 9.94. The van der Waals surface area contributed by atoms with Gasteiger partial charge < -0.3 is 60.2 Å². The Kier molecular flexibility index (Phi) is 14.5. The lowest BCUT2D eigenvalue weighted by atomic mass is 10.1. The van der Waals surface area contributed by atoms with Crippen molar-refractivity contribution in [3.63, 3.8) is 0 Å². The number of nitrogen functional groups attached to an aromatic ring is 2. The fraction of sp³-hybridized carbons (Fsp3) is 0.353. The summed E-state index contributed by atoms with van der Waals surface area (Å²) in [6.45, 7) is -2.17. The maximum Gasteiger partial charge on any atom is 0.490 e. The van der Waals surface area contributed by atoms with Gasteiger partial charge in [0.2, 0.25) is 0 Å². The molecule has 33 heteroatoms. The molecule has 2 saturated heterocycles. The van der Waals surface area contributed by atoms with Crippen LogP contribution in [0.1, 0.15) is 23.6 Å². The highest BCUT2D eigenvalue weighted by Crippen LogP contribution is 2.71. The molecule has 29 nitrogen and oxygen atoms in total. The van der Waals surface area contributed by atoms with E-state index in [1.807, 2.05) is 0 Å². The Bertz CT molecular complexity index is 2700. The molecular weight excluding hydrogens is 976 g/mol. The highest BCUT2D eigenvalue weighted by molar-refractivity contribution is 7.69. The first-order valence-corrected chi connectivity index (χ1v) is 25.4. The molecule has 0 saturated carbocycles. The number of phosphoric ester groups is 2. The maximum absolute atomic E-state index is 12.9. The summed E-state index contributed by atoms with van der Waals surface area (Å²) in [5, 5.41) is 22.5.